The number of hydrogen-bond acceptors (Lipinski definition) is 8. The van der Waals surface area contributed by atoms with E-state index in [9.17, 15) is 24.8 Å². The number of aromatic carboxylic acids is 1. The number of para-hydroxylation sites is 1. The molecule has 9 nitrogen and oxygen atoms in total. The molecular formula is C23H18ClN3O6. The van der Waals surface area contributed by atoms with E-state index in [0.29, 0.717) is 5.56 Å². The molecule has 1 aliphatic heterocycles. The predicted octanol–water partition coefficient (Wildman–Crippen LogP) is 2.94. The van der Waals surface area contributed by atoms with Crippen LogP contribution in [0.3, 0.4) is 0 Å². The largest absolute Gasteiger partial charge is 0.478 e. The number of allylic oxidation sites excluding steroid dienone is 1. The zero-order chi connectivity index (χ0) is 24.3. The standard InChI is InChI=1S/C23H18ClN3O6/c1-32-22(30)17-16(12-7-4-3-5-8-12)14(11-25)20(26)27(19(17)23(31)33-2)18-13(21(28)29)9-6-10-15(18)24/h3-10,16H,26H2,1-2H3,(H,28,29). The summed E-state index contributed by atoms with van der Waals surface area (Å²) in [6.07, 6.45) is 0. The second-order valence-electron chi connectivity index (χ2n) is 6.78. The number of carbonyl (C=O) groups excluding carboxylic acids is 2. The Morgan fingerprint density at radius 3 is 2.24 bits per heavy atom. The number of benzene rings is 2. The molecule has 2 aromatic carbocycles. The van der Waals surface area contributed by atoms with Gasteiger partial charge in [-0.05, 0) is 17.7 Å². The van der Waals surface area contributed by atoms with Crippen LogP contribution in [0.2, 0.25) is 5.02 Å². The Labute approximate surface area is 193 Å². The van der Waals surface area contributed by atoms with Gasteiger partial charge in [0.1, 0.15) is 11.5 Å². The van der Waals surface area contributed by atoms with Crippen molar-refractivity contribution in [1.29, 1.82) is 5.26 Å². The molecule has 0 fully saturated rings. The first kappa shape index (κ1) is 23.4. The second-order valence-corrected chi connectivity index (χ2v) is 7.18. The topological polar surface area (TPSA) is 143 Å². The van der Waals surface area contributed by atoms with E-state index in [2.05, 4.69) is 0 Å². The average Bonchev–Trinajstić information content (AvgIpc) is 2.82. The fourth-order valence-electron chi connectivity index (χ4n) is 3.66. The molecule has 1 unspecified atom stereocenters. The molecule has 0 saturated heterocycles. The van der Waals surface area contributed by atoms with Crippen molar-refractivity contribution in [1.82, 2.24) is 0 Å². The minimum Gasteiger partial charge on any atom is -0.478 e. The van der Waals surface area contributed by atoms with Gasteiger partial charge >= 0.3 is 17.9 Å². The summed E-state index contributed by atoms with van der Waals surface area (Å²) in [6.45, 7) is 0. The lowest BCUT2D eigenvalue weighted by Crippen LogP contribution is -2.41. The molecule has 10 heteroatoms. The Hall–Kier alpha value is -4.29. The molecule has 3 N–H and O–H groups in total. The first-order valence-corrected chi connectivity index (χ1v) is 9.83. The fourth-order valence-corrected chi connectivity index (χ4v) is 3.92. The lowest BCUT2D eigenvalue weighted by molar-refractivity contribution is -0.139. The number of hydrogen-bond donors (Lipinski definition) is 2. The maximum atomic E-state index is 13.0. The molecule has 2 aromatic rings. The Kier molecular flexibility index (Phi) is 6.70. The smallest absolute Gasteiger partial charge is 0.355 e. The summed E-state index contributed by atoms with van der Waals surface area (Å²) in [7, 11) is 2.20. The third-order valence-electron chi connectivity index (χ3n) is 5.05. The SMILES string of the molecule is COC(=O)C1=C(C(=O)OC)N(c2c(Cl)cccc2C(=O)O)C(N)=C(C#N)C1c1ccccc1. The number of halogens is 1. The maximum Gasteiger partial charge on any atom is 0.355 e. The number of nitrogens with two attached hydrogens (primary N) is 1. The van der Waals surface area contributed by atoms with Crippen molar-refractivity contribution in [3.63, 3.8) is 0 Å². The molecule has 0 spiro atoms. The number of nitriles is 1. The number of carboxylic acids is 1. The molecule has 168 valence electrons. The highest BCUT2D eigenvalue weighted by Gasteiger charge is 2.44. The van der Waals surface area contributed by atoms with Crippen molar-refractivity contribution in [3.8, 4) is 6.07 Å². The monoisotopic (exact) mass is 467 g/mol. The van der Waals surface area contributed by atoms with Gasteiger partial charge < -0.3 is 20.3 Å². The molecule has 1 heterocycles. The maximum absolute atomic E-state index is 13.0. The third kappa shape index (κ3) is 4.00. The zero-order valence-corrected chi connectivity index (χ0v) is 18.3. The van der Waals surface area contributed by atoms with Crippen LogP contribution in [0, 0.1) is 11.3 Å². The van der Waals surface area contributed by atoms with Crippen LogP contribution < -0.4 is 10.6 Å². The number of carboxylic acid groups (broad SMARTS) is 1. The quantitative estimate of drug-likeness (QED) is 0.634. The number of nitrogens with zero attached hydrogens (tertiary/aromatic N) is 2. The van der Waals surface area contributed by atoms with Gasteiger partial charge in [-0.2, -0.15) is 5.26 Å². The van der Waals surface area contributed by atoms with Crippen LogP contribution in [0.5, 0.6) is 0 Å². The molecule has 33 heavy (non-hydrogen) atoms. The van der Waals surface area contributed by atoms with Crippen LogP contribution in [0.1, 0.15) is 21.8 Å². The molecule has 0 bridgehead atoms. The molecule has 1 atom stereocenters. The van der Waals surface area contributed by atoms with Crippen molar-refractivity contribution in [2.45, 2.75) is 5.92 Å². The Balaban J connectivity index is 2.51. The number of methoxy groups -OCH3 is 2. The summed E-state index contributed by atoms with van der Waals surface area (Å²) in [6, 6.07) is 14.5. The van der Waals surface area contributed by atoms with Gasteiger partial charge in [-0.3, -0.25) is 4.90 Å². The molecule has 3 rings (SSSR count). The Morgan fingerprint density at radius 1 is 1.06 bits per heavy atom. The van der Waals surface area contributed by atoms with E-state index in [1.807, 2.05) is 6.07 Å². The van der Waals surface area contributed by atoms with E-state index in [1.165, 1.54) is 18.2 Å². The van der Waals surface area contributed by atoms with Gasteiger partial charge in [0.2, 0.25) is 0 Å². The van der Waals surface area contributed by atoms with E-state index in [4.69, 9.17) is 26.8 Å². The third-order valence-corrected chi connectivity index (χ3v) is 5.36. The van der Waals surface area contributed by atoms with Gasteiger partial charge in [0.25, 0.3) is 0 Å². The number of carbonyl (C=O) groups is 3. The first-order chi connectivity index (χ1) is 15.8. The van der Waals surface area contributed by atoms with E-state index < -0.39 is 29.5 Å². The average molecular weight is 468 g/mol. The lowest BCUT2D eigenvalue weighted by atomic mass is 9.80. The molecule has 0 aromatic heterocycles. The molecule has 0 aliphatic carbocycles. The van der Waals surface area contributed by atoms with Gasteiger partial charge in [0.05, 0.1) is 53.6 Å². The van der Waals surface area contributed by atoms with E-state index in [0.717, 1.165) is 19.1 Å². The van der Waals surface area contributed by atoms with Gasteiger partial charge in [0, 0.05) is 0 Å². The molecule has 0 radical (unpaired) electrons. The van der Waals surface area contributed by atoms with E-state index in [1.54, 1.807) is 30.3 Å². The zero-order valence-electron chi connectivity index (χ0n) is 17.5. The number of rotatable bonds is 5. The molecular weight excluding hydrogens is 450 g/mol. The van der Waals surface area contributed by atoms with Gasteiger partial charge in [-0.15, -0.1) is 0 Å². The minimum atomic E-state index is -1.37. The summed E-state index contributed by atoms with van der Waals surface area (Å²) in [5.41, 5.74) is 5.55. The van der Waals surface area contributed by atoms with Crippen LogP contribution >= 0.6 is 11.6 Å². The van der Waals surface area contributed by atoms with E-state index >= 15 is 0 Å². The summed E-state index contributed by atoms with van der Waals surface area (Å²) >= 11 is 6.33. The van der Waals surface area contributed by atoms with E-state index in [-0.39, 0.29) is 33.2 Å². The predicted molar refractivity (Wildman–Crippen MR) is 118 cm³/mol. The molecule has 1 aliphatic rings. The van der Waals surface area contributed by atoms with Crippen LogP contribution in [0.25, 0.3) is 0 Å². The molecule has 0 amide bonds. The number of anilines is 1. The van der Waals surface area contributed by atoms with Gasteiger partial charge in [0.15, 0.2) is 0 Å². The highest BCUT2D eigenvalue weighted by atomic mass is 35.5. The Morgan fingerprint density at radius 2 is 1.70 bits per heavy atom. The van der Waals surface area contributed by atoms with Crippen molar-refractivity contribution in [3.05, 3.63) is 87.3 Å². The summed E-state index contributed by atoms with van der Waals surface area (Å²) in [5, 5.41) is 19.7. The summed E-state index contributed by atoms with van der Waals surface area (Å²) in [5.74, 6) is -4.67. The summed E-state index contributed by atoms with van der Waals surface area (Å²) < 4.78 is 9.84. The lowest BCUT2D eigenvalue weighted by Gasteiger charge is -2.36. The van der Waals surface area contributed by atoms with Crippen LogP contribution in [0.4, 0.5) is 5.69 Å². The fraction of sp³-hybridized carbons (Fsp3) is 0.130. The van der Waals surface area contributed by atoms with Crippen molar-refractivity contribution in [2.24, 2.45) is 5.73 Å². The van der Waals surface area contributed by atoms with Crippen molar-refractivity contribution >= 4 is 35.2 Å². The first-order valence-electron chi connectivity index (χ1n) is 9.45. The summed E-state index contributed by atoms with van der Waals surface area (Å²) in [4.78, 5) is 38.9. The minimum absolute atomic E-state index is 0.0843. The van der Waals surface area contributed by atoms with Crippen LogP contribution in [-0.4, -0.2) is 37.2 Å². The number of esters is 2. The van der Waals surface area contributed by atoms with Gasteiger partial charge in [-0.1, -0.05) is 48.0 Å². The molecule has 0 saturated carbocycles. The number of ether oxygens (including phenoxy) is 2. The van der Waals surface area contributed by atoms with Crippen LogP contribution in [-0.2, 0) is 19.1 Å². The Bertz CT molecular complexity index is 1250. The second kappa shape index (κ2) is 9.46. The normalized spacial score (nSPS) is 15.7. The highest BCUT2D eigenvalue weighted by molar-refractivity contribution is 6.34. The van der Waals surface area contributed by atoms with Crippen molar-refractivity contribution < 1.29 is 29.0 Å². The highest BCUT2D eigenvalue weighted by Crippen LogP contribution is 2.45. The van der Waals surface area contributed by atoms with Crippen LogP contribution in [0.15, 0.2) is 71.2 Å². The van der Waals surface area contributed by atoms with Crippen molar-refractivity contribution in [2.75, 3.05) is 19.1 Å². The van der Waals surface area contributed by atoms with Gasteiger partial charge in [-0.25, -0.2) is 14.4 Å².